The zero-order valence-corrected chi connectivity index (χ0v) is 14.6. The average molecular weight is 332 g/mol. The molecular formula is C20H28O4. The Morgan fingerprint density at radius 2 is 1.50 bits per heavy atom. The first-order chi connectivity index (χ1) is 11.8. The molecule has 0 atom stereocenters. The van der Waals surface area contributed by atoms with E-state index in [0.717, 1.165) is 44.3 Å². The van der Waals surface area contributed by atoms with Crippen molar-refractivity contribution in [1.29, 1.82) is 0 Å². The van der Waals surface area contributed by atoms with E-state index in [9.17, 15) is 4.79 Å². The van der Waals surface area contributed by atoms with Crippen LogP contribution in [0.1, 0.15) is 74.6 Å². The Morgan fingerprint density at radius 1 is 0.875 bits per heavy atom. The average Bonchev–Trinajstić information content (AvgIpc) is 2.63. The van der Waals surface area contributed by atoms with Crippen LogP contribution in [0.15, 0.2) is 18.2 Å². The molecule has 0 bridgehead atoms. The second-order valence-electron chi connectivity index (χ2n) is 6.91. The highest BCUT2D eigenvalue weighted by atomic mass is 16.5. The fourth-order valence-electron chi connectivity index (χ4n) is 3.66. The molecule has 132 valence electrons. The summed E-state index contributed by atoms with van der Waals surface area (Å²) in [5, 5.41) is 0. The van der Waals surface area contributed by atoms with E-state index < -0.39 is 0 Å². The molecule has 0 radical (unpaired) electrons. The fourth-order valence-corrected chi connectivity index (χ4v) is 3.66. The van der Waals surface area contributed by atoms with Gasteiger partial charge in [-0.3, -0.25) is 0 Å². The van der Waals surface area contributed by atoms with Gasteiger partial charge in [-0.05, 0) is 69.6 Å². The van der Waals surface area contributed by atoms with Gasteiger partial charge in [-0.1, -0.05) is 12.8 Å². The maximum atomic E-state index is 12.4. The Bertz CT molecular complexity index is 543. The molecule has 1 aromatic rings. The Balaban J connectivity index is 1.64. The Labute approximate surface area is 144 Å². The van der Waals surface area contributed by atoms with Crippen LogP contribution in [-0.2, 0) is 4.74 Å². The van der Waals surface area contributed by atoms with E-state index in [1.54, 1.807) is 19.2 Å². The number of benzene rings is 1. The van der Waals surface area contributed by atoms with Crippen LogP contribution in [0.3, 0.4) is 0 Å². The highest BCUT2D eigenvalue weighted by Crippen LogP contribution is 2.32. The van der Waals surface area contributed by atoms with Crippen molar-refractivity contribution < 1.29 is 19.0 Å². The third-order valence-corrected chi connectivity index (χ3v) is 5.07. The summed E-state index contributed by atoms with van der Waals surface area (Å²) in [6.45, 7) is 0. The smallest absolute Gasteiger partial charge is 0.338 e. The van der Waals surface area contributed by atoms with Crippen molar-refractivity contribution in [3.63, 3.8) is 0 Å². The molecule has 0 amide bonds. The summed E-state index contributed by atoms with van der Waals surface area (Å²) < 4.78 is 17.2. The normalized spacial score (nSPS) is 19.7. The molecule has 3 rings (SSSR count). The molecule has 0 aromatic heterocycles. The zero-order valence-electron chi connectivity index (χ0n) is 14.6. The van der Waals surface area contributed by atoms with E-state index in [2.05, 4.69) is 0 Å². The molecule has 2 aliphatic carbocycles. The SMILES string of the molecule is COc1cc(C(=O)OC2CCCCC2)ccc1OC1CCCCC1. The monoisotopic (exact) mass is 332 g/mol. The predicted molar refractivity (Wildman–Crippen MR) is 92.8 cm³/mol. The molecule has 2 saturated carbocycles. The first-order valence-corrected chi connectivity index (χ1v) is 9.32. The number of carbonyl (C=O) groups excluding carboxylic acids is 1. The minimum atomic E-state index is -0.260. The summed E-state index contributed by atoms with van der Waals surface area (Å²) in [5.41, 5.74) is 0.536. The maximum absolute atomic E-state index is 12.4. The van der Waals surface area contributed by atoms with Gasteiger partial charge in [-0.2, -0.15) is 0 Å². The Morgan fingerprint density at radius 3 is 2.12 bits per heavy atom. The van der Waals surface area contributed by atoms with Crippen LogP contribution < -0.4 is 9.47 Å². The van der Waals surface area contributed by atoms with Crippen LogP contribution in [0.2, 0.25) is 0 Å². The molecular weight excluding hydrogens is 304 g/mol. The lowest BCUT2D eigenvalue weighted by Crippen LogP contribution is -2.21. The molecule has 0 spiro atoms. The summed E-state index contributed by atoms with van der Waals surface area (Å²) in [6.07, 6.45) is 11.7. The lowest BCUT2D eigenvalue weighted by Gasteiger charge is -2.24. The third-order valence-electron chi connectivity index (χ3n) is 5.07. The first kappa shape index (κ1) is 17.1. The molecule has 0 saturated heterocycles. The van der Waals surface area contributed by atoms with Crippen molar-refractivity contribution in [1.82, 2.24) is 0 Å². The van der Waals surface area contributed by atoms with Crippen LogP contribution in [0.4, 0.5) is 0 Å². The van der Waals surface area contributed by atoms with Gasteiger partial charge in [0.25, 0.3) is 0 Å². The third kappa shape index (κ3) is 4.43. The van der Waals surface area contributed by atoms with Crippen LogP contribution >= 0.6 is 0 Å². The number of methoxy groups -OCH3 is 1. The van der Waals surface area contributed by atoms with Gasteiger partial charge in [0.15, 0.2) is 11.5 Å². The fraction of sp³-hybridized carbons (Fsp3) is 0.650. The molecule has 1 aromatic carbocycles. The number of hydrogen-bond donors (Lipinski definition) is 0. The van der Waals surface area contributed by atoms with Crippen molar-refractivity contribution in [2.45, 2.75) is 76.4 Å². The lowest BCUT2D eigenvalue weighted by molar-refractivity contribution is 0.0210. The van der Waals surface area contributed by atoms with Crippen molar-refractivity contribution in [2.24, 2.45) is 0 Å². The lowest BCUT2D eigenvalue weighted by atomic mass is 9.97. The van der Waals surface area contributed by atoms with Gasteiger partial charge in [-0.25, -0.2) is 4.79 Å². The van der Waals surface area contributed by atoms with Crippen molar-refractivity contribution in [3.05, 3.63) is 23.8 Å². The molecule has 0 unspecified atom stereocenters. The van der Waals surface area contributed by atoms with E-state index in [1.165, 1.54) is 25.7 Å². The minimum absolute atomic E-state index is 0.0652. The van der Waals surface area contributed by atoms with Crippen molar-refractivity contribution in [2.75, 3.05) is 7.11 Å². The number of carbonyl (C=O) groups is 1. The standard InChI is InChI=1S/C20H28O4/c1-22-19-14-15(20(21)24-17-10-6-3-7-11-17)12-13-18(19)23-16-8-4-2-5-9-16/h12-14,16-17H,2-11H2,1H3. The first-order valence-electron chi connectivity index (χ1n) is 9.32. The summed E-state index contributed by atoms with van der Waals surface area (Å²) in [5.74, 6) is 1.07. The number of ether oxygens (including phenoxy) is 3. The second kappa shape index (κ2) is 8.41. The summed E-state index contributed by atoms with van der Waals surface area (Å²) in [7, 11) is 1.61. The molecule has 2 aliphatic rings. The van der Waals surface area contributed by atoms with Crippen LogP contribution in [0.25, 0.3) is 0 Å². The zero-order chi connectivity index (χ0) is 16.8. The summed E-state index contributed by atoms with van der Waals surface area (Å²) >= 11 is 0. The van der Waals surface area contributed by atoms with Gasteiger partial charge in [-0.15, -0.1) is 0 Å². The summed E-state index contributed by atoms with van der Waals surface area (Å²) in [4.78, 5) is 12.4. The topological polar surface area (TPSA) is 44.8 Å². The molecule has 4 heteroatoms. The van der Waals surface area contributed by atoms with Crippen molar-refractivity contribution in [3.8, 4) is 11.5 Å². The van der Waals surface area contributed by atoms with Crippen LogP contribution in [0, 0.1) is 0 Å². The van der Waals surface area contributed by atoms with Gasteiger partial charge in [0.05, 0.1) is 18.8 Å². The van der Waals surface area contributed by atoms with E-state index in [-0.39, 0.29) is 18.2 Å². The van der Waals surface area contributed by atoms with E-state index >= 15 is 0 Å². The molecule has 4 nitrogen and oxygen atoms in total. The van der Waals surface area contributed by atoms with Crippen LogP contribution in [0.5, 0.6) is 11.5 Å². The van der Waals surface area contributed by atoms with Crippen LogP contribution in [-0.4, -0.2) is 25.3 Å². The van der Waals surface area contributed by atoms with Gasteiger partial charge in [0, 0.05) is 0 Å². The quantitative estimate of drug-likeness (QED) is 0.720. The molecule has 0 N–H and O–H groups in total. The molecule has 0 heterocycles. The van der Waals surface area contributed by atoms with Gasteiger partial charge >= 0.3 is 5.97 Å². The number of rotatable bonds is 5. The van der Waals surface area contributed by atoms with Gasteiger partial charge in [0.2, 0.25) is 0 Å². The maximum Gasteiger partial charge on any atom is 0.338 e. The van der Waals surface area contributed by atoms with Gasteiger partial charge in [0.1, 0.15) is 6.10 Å². The van der Waals surface area contributed by atoms with E-state index in [1.807, 2.05) is 6.07 Å². The van der Waals surface area contributed by atoms with Crippen molar-refractivity contribution >= 4 is 5.97 Å². The highest BCUT2D eigenvalue weighted by molar-refractivity contribution is 5.90. The summed E-state index contributed by atoms with van der Waals surface area (Å²) in [6, 6.07) is 5.36. The number of esters is 1. The molecule has 2 fully saturated rings. The predicted octanol–water partition coefficient (Wildman–Crippen LogP) is 4.90. The number of hydrogen-bond acceptors (Lipinski definition) is 4. The van der Waals surface area contributed by atoms with Gasteiger partial charge < -0.3 is 14.2 Å². The second-order valence-corrected chi connectivity index (χ2v) is 6.91. The van der Waals surface area contributed by atoms with E-state index in [0.29, 0.717) is 11.3 Å². The molecule has 24 heavy (non-hydrogen) atoms. The highest BCUT2D eigenvalue weighted by Gasteiger charge is 2.21. The minimum Gasteiger partial charge on any atom is -0.493 e. The molecule has 0 aliphatic heterocycles. The Kier molecular flexibility index (Phi) is 6.00. The largest absolute Gasteiger partial charge is 0.493 e. The van der Waals surface area contributed by atoms with E-state index in [4.69, 9.17) is 14.2 Å². The Hall–Kier alpha value is -1.71.